The molecule has 0 saturated carbocycles. The van der Waals surface area contributed by atoms with Crippen molar-refractivity contribution in [1.29, 1.82) is 0 Å². The van der Waals surface area contributed by atoms with E-state index in [1.807, 2.05) is 0 Å². The van der Waals surface area contributed by atoms with Crippen molar-refractivity contribution in [3.05, 3.63) is 44.5 Å². The van der Waals surface area contributed by atoms with Crippen LogP contribution in [-0.2, 0) is 4.74 Å². The summed E-state index contributed by atoms with van der Waals surface area (Å²) in [7, 11) is 1.64. The van der Waals surface area contributed by atoms with Crippen LogP contribution in [0.1, 0.15) is 17.3 Å². The molecule has 1 aromatic heterocycles. The number of aromatic nitrogens is 2. The summed E-state index contributed by atoms with van der Waals surface area (Å²) in [4.78, 5) is 42.4. The van der Waals surface area contributed by atoms with Crippen LogP contribution in [0.5, 0.6) is 0 Å². The van der Waals surface area contributed by atoms with Gasteiger partial charge in [-0.25, -0.2) is 0 Å². The Balaban J connectivity index is 1.82. The van der Waals surface area contributed by atoms with Crippen LogP contribution in [0, 0.1) is 0 Å². The van der Waals surface area contributed by atoms with Gasteiger partial charge in [-0.1, -0.05) is 6.92 Å². The van der Waals surface area contributed by atoms with Gasteiger partial charge in [0.15, 0.2) is 0 Å². The first-order chi connectivity index (χ1) is 11.5. The van der Waals surface area contributed by atoms with Crippen LogP contribution >= 0.6 is 0 Å². The van der Waals surface area contributed by atoms with Gasteiger partial charge in [0.25, 0.3) is 5.91 Å². The standard InChI is InChI=1S/C16H20N4O4/c1-3-20-7-12(13(8-20)24-2)19-14(21)9-4-5-10-11(6-9)18-16(23)15(22)17-10/h4-6,12-13H,3,7-8H2,1-2H3,(H,17,22)(H,18,23)(H,19,21)/t12-,13-/m1/s1. The molecule has 0 unspecified atom stereocenters. The van der Waals surface area contributed by atoms with E-state index in [0.717, 1.165) is 19.6 Å². The van der Waals surface area contributed by atoms with E-state index < -0.39 is 11.1 Å². The lowest BCUT2D eigenvalue weighted by atomic mass is 10.1. The maximum absolute atomic E-state index is 12.5. The molecule has 0 radical (unpaired) electrons. The third-order valence-corrected chi connectivity index (χ3v) is 4.39. The molecule has 8 nitrogen and oxygen atoms in total. The monoisotopic (exact) mass is 332 g/mol. The SMILES string of the molecule is CCN1C[C@@H](NC(=O)c2ccc3[nH]c(=O)c(=O)[nH]c3c2)[C@H](OC)C1. The highest BCUT2D eigenvalue weighted by molar-refractivity contribution is 5.97. The summed E-state index contributed by atoms with van der Waals surface area (Å²) in [5.74, 6) is -0.242. The van der Waals surface area contributed by atoms with Crippen molar-refractivity contribution in [3.63, 3.8) is 0 Å². The number of amides is 1. The summed E-state index contributed by atoms with van der Waals surface area (Å²) in [5.41, 5.74) is -0.154. The summed E-state index contributed by atoms with van der Waals surface area (Å²) < 4.78 is 5.45. The lowest BCUT2D eigenvalue weighted by Crippen LogP contribution is -2.43. The molecule has 3 rings (SSSR count). The average Bonchev–Trinajstić information content (AvgIpc) is 2.97. The normalized spacial score (nSPS) is 21.2. The van der Waals surface area contributed by atoms with Gasteiger partial charge < -0.3 is 20.0 Å². The Morgan fingerprint density at radius 1 is 1.25 bits per heavy atom. The Hall–Kier alpha value is -2.45. The molecule has 128 valence electrons. The molecular weight excluding hydrogens is 312 g/mol. The number of H-pyrrole nitrogens is 2. The van der Waals surface area contributed by atoms with Gasteiger partial charge in [0.05, 0.1) is 23.2 Å². The largest absolute Gasteiger partial charge is 0.378 e. The third-order valence-electron chi connectivity index (χ3n) is 4.39. The number of benzene rings is 1. The van der Waals surface area contributed by atoms with Gasteiger partial charge in [-0.3, -0.25) is 19.3 Å². The number of aromatic amines is 2. The zero-order valence-electron chi connectivity index (χ0n) is 13.6. The lowest BCUT2D eigenvalue weighted by Gasteiger charge is -2.18. The van der Waals surface area contributed by atoms with E-state index in [4.69, 9.17) is 4.74 Å². The van der Waals surface area contributed by atoms with Crippen molar-refractivity contribution < 1.29 is 9.53 Å². The predicted molar refractivity (Wildman–Crippen MR) is 89.4 cm³/mol. The topological polar surface area (TPSA) is 107 Å². The highest BCUT2D eigenvalue weighted by atomic mass is 16.5. The molecule has 1 amide bonds. The Labute approximate surface area is 137 Å². The van der Waals surface area contributed by atoms with Crippen LogP contribution in [0.15, 0.2) is 27.8 Å². The van der Waals surface area contributed by atoms with Crippen molar-refractivity contribution in [3.8, 4) is 0 Å². The van der Waals surface area contributed by atoms with E-state index in [-0.39, 0.29) is 18.1 Å². The van der Waals surface area contributed by atoms with Gasteiger partial charge in [0.2, 0.25) is 0 Å². The number of nitrogens with zero attached hydrogens (tertiary/aromatic N) is 1. The molecule has 1 aliphatic heterocycles. The second-order valence-corrected chi connectivity index (χ2v) is 5.87. The zero-order valence-corrected chi connectivity index (χ0v) is 13.6. The number of hydrogen-bond donors (Lipinski definition) is 3. The molecule has 2 heterocycles. The van der Waals surface area contributed by atoms with Crippen molar-refractivity contribution in [2.75, 3.05) is 26.7 Å². The molecule has 0 aliphatic carbocycles. The minimum Gasteiger partial charge on any atom is -0.378 e. The van der Waals surface area contributed by atoms with Crippen LogP contribution in [-0.4, -0.2) is 59.7 Å². The minimum absolute atomic E-state index is 0.0504. The van der Waals surface area contributed by atoms with Crippen molar-refractivity contribution in [2.24, 2.45) is 0 Å². The number of likely N-dealkylation sites (N-methyl/N-ethyl adjacent to an activating group) is 1. The van der Waals surface area contributed by atoms with E-state index in [0.29, 0.717) is 16.6 Å². The van der Waals surface area contributed by atoms with Crippen LogP contribution in [0.4, 0.5) is 0 Å². The number of rotatable bonds is 4. The van der Waals surface area contributed by atoms with Crippen molar-refractivity contribution in [2.45, 2.75) is 19.1 Å². The van der Waals surface area contributed by atoms with Crippen LogP contribution in [0.2, 0.25) is 0 Å². The molecule has 1 aliphatic rings. The molecule has 1 fully saturated rings. The van der Waals surface area contributed by atoms with Crippen molar-refractivity contribution in [1.82, 2.24) is 20.2 Å². The number of fused-ring (bicyclic) bond motifs is 1. The number of methoxy groups -OCH3 is 1. The fraction of sp³-hybridized carbons (Fsp3) is 0.438. The van der Waals surface area contributed by atoms with Crippen LogP contribution < -0.4 is 16.4 Å². The summed E-state index contributed by atoms with van der Waals surface area (Å²) in [6.45, 7) is 4.48. The second kappa shape index (κ2) is 6.58. The molecule has 2 atom stereocenters. The van der Waals surface area contributed by atoms with Crippen LogP contribution in [0.3, 0.4) is 0 Å². The number of nitrogens with one attached hydrogen (secondary N) is 3. The molecule has 3 N–H and O–H groups in total. The minimum atomic E-state index is -0.742. The number of carbonyl (C=O) groups excluding carboxylic acids is 1. The van der Waals surface area contributed by atoms with Crippen LogP contribution in [0.25, 0.3) is 11.0 Å². The Morgan fingerprint density at radius 3 is 2.62 bits per heavy atom. The first-order valence-corrected chi connectivity index (χ1v) is 7.84. The molecule has 24 heavy (non-hydrogen) atoms. The number of hydrogen-bond acceptors (Lipinski definition) is 5. The lowest BCUT2D eigenvalue weighted by molar-refractivity contribution is 0.0762. The maximum atomic E-state index is 12.5. The smallest absolute Gasteiger partial charge is 0.314 e. The van der Waals surface area contributed by atoms with E-state index >= 15 is 0 Å². The predicted octanol–water partition coefficient (Wildman–Crippen LogP) is -0.335. The van der Waals surface area contributed by atoms with Gasteiger partial charge in [0.1, 0.15) is 0 Å². The van der Waals surface area contributed by atoms with Gasteiger partial charge >= 0.3 is 11.1 Å². The number of likely N-dealkylation sites (tertiary alicyclic amines) is 1. The molecule has 8 heteroatoms. The fourth-order valence-corrected chi connectivity index (χ4v) is 3.00. The average molecular weight is 332 g/mol. The van der Waals surface area contributed by atoms with E-state index in [2.05, 4.69) is 27.1 Å². The zero-order chi connectivity index (χ0) is 17.3. The first kappa shape index (κ1) is 16.4. The summed E-state index contributed by atoms with van der Waals surface area (Å²) in [6.07, 6.45) is -0.0504. The van der Waals surface area contributed by atoms with Gasteiger partial charge in [-0.05, 0) is 24.7 Å². The summed E-state index contributed by atoms with van der Waals surface area (Å²) >= 11 is 0. The van der Waals surface area contributed by atoms with Gasteiger partial charge in [-0.15, -0.1) is 0 Å². The summed E-state index contributed by atoms with van der Waals surface area (Å²) in [5, 5.41) is 2.98. The quantitative estimate of drug-likeness (QED) is 0.664. The van der Waals surface area contributed by atoms with E-state index in [9.17, 15) is 14.4 Å². The Morgan fingerprint density at radius 2 is 1.96 bits per heavy atom. The van der Waals surface area contributed by atoms with E-state index in [1.54, 1.807) is 25.3 Å². The number of carbonyl (C=O) groups is 1. The van der Waals surface area contributed by atoms with E-state index in [1.165, 1.54) is 0 Å². The first-order valence-electron chi connectivity index (χ1n) is 7.84. The molecule has 2 aromatic rings. The van der Waals surface area contributed by atoms with Crippen molar-refractivity contribution >= 4 is 16.9 Å². The summed E-state index contributed by atoms with van der Waals surface area (Å²) in [6, 6.07) is 4.67. The Kier molecular flexibility index (Phi) is 4.50. The fourth-order valence-electron chi connectivity index (χ4n) is 3.00. The number of ether oxygens (including phenoxy) is 1. The third kappa shape index (κ3) is 3.10. The Bertz CT molecular complexity index is 872. The maximum Gasteiger partial charge on any atom is 0.314 e. The molecule has 0 bridgehead atoms. The van der Waals surface area contributed by atoms with Gasteiger partial charge in [0, 0.05) is 25.8 Å². The molecule has 1 aromatic carbocycles. The second-order valence-electron chi connectivity index (χ2n) is 5.87. The van der Waals surface area contributed by atoms with Gasteiger partial charge in [-0.2, -0.15) is 0 Å². The highest BCUT2D eigenvalue weighted by Gasteiger charge is 2.33. The molecule has 0 spiro atoms. The molecular formula is C16H20N4O4. The molecule has 1 saturated heterocycles. The highest BCUT2D eigenvalue weighted by Crippen LogP contribution is 2.14.